The molecule has 1 N–H and O–H groups in total. The monoisotopic (exact) mass is 420 g/mol. The number of nitrogens with one attached hydrogen (secondary N) is 1. The lowest BCUT2D eigenvalue weighted by Crippen LogP contribution is -2.33. The standard InChI is InChI=1S/C25H22F2N2O2/c1-17(18-8-4-2-5-9-18)28-22-16-23(19-10-6-3-7-11-19)29(24(22)30)20-12-14-21(15-13-20)31-25(26)27/h2-17,23,25,28H,1H3/t17-,23-/m1/s1. The van der Waals surface area contributed by atoms with E-state index in [1.807, 2.05) is 73.7 Å². The van der Waals surface area contributed by atoms with Gasteiger partial charge in [-0.1, -0.05) is 60.7 Å². The van der Waals surface area contributed by atoms with Gasteiger partial charge in [-0.2, -0.15) is 8.78 Å². The van der Waals surface area contributed by atoms with Crippen molar-refractivity contribution < 1.29 is 18.3 Å². The molecule has 0 bridgehead atoms. The van der Waals surface area contributed by atoms with E-state index in [2.05, 4.69) is 10.1 Å². The highest BCUT2D eigenvalue weighted by Crippen LogP contribution is 2.36. The fourth-order valence-electron chi connectivity index (χ4n) is 3.69. The van der Waals surface area contributed by atoms with Gasteiger partial charge in [-0.3, -0.25) is 9.69 Å². The molecular weight excluding hydrogens is 398 g/mol. The summed E-state index contributed by atoms with van der Waals surface area (Å²) in [6, 6.07) is 25.3. The largest absolute Gasteiger partial charge is 0.435 e. The van der Waals surface area contributed by atoms with Crippen LogP contribution in [0.4, 0.5) is 14.5 Å². The van der Waals surface area contributed by atoms with Crippen LogP contribution in [0.2, 0.25) is 0 Å². The molecule has 0 aromatic heterocycles. The van der Waals surface area contributed by atoms with Gasteiger partial charge in [0.2, 0.25) is 0 Å². The summed E-state index contributed by atoms with van der Waals surface area (Å²) in [6.07, 6.45) is 1.90. The van der Waals surface area contributed by atoms with Gasteiger partial charge in [-0.15, -0.1) is 0 Å². The first-order valence-corrected chi connectivity index (χ1v) is 9.99. The van der Waals surface area contributed by atoms with E-state index >= 15 is 0 Å². The maximum atomic E-state index is 13.4. The van der Waals surface area contributed by atoms with Crippen LogP contribution < -0.4 is 15.0 Å². The van der Waals surface area contributed by atoms with Crippen molar-refractivity contribution in [3.63, 3.8) is 0 Å². The van der Waals surface area contributed by atoms with Crippen LogP contribution in [-0.4, -0.2) is 12.5 Å². The summed E-state index contributed by atoms with van der Waals surface area (Å²) in [4.78, 5) is 15.0. The second kappa shape index (κ2) is 9.00. The lowest BCUT2D eigenvalue weighted by atomic mass is 10.1. The number of rotatable bonds is 7. The number of amides is 1. The minimum absolute atomic E-state index is 0.0469. The second-order valence-electron chi connectivity index (χ2n) is 7.26. The van der Waals surface area contributed by atoms with E-state index in [1.165, 1.54) is 12.1 Å². The fourth-order valence-corrected chi connectivity index (χ4v) is 3.69. The molecule has 0 unspecified atom stereocenters. The molecule has 3 aromatic carbocycles. The van der Waals surface area contributed by atoms with E-state index in [-0.39, 0.29) is 23.7 Å². The Balaban J connectivity index is 1.63. The van der Waals surface area contributed by atoms with E-state index in [9.17, 15) is 13.6 Å². The Morgan fingerprint density at radius 2 is 1.52 bits per heavy atom. The van der Waals surface area contributed by atoms with Gasteiger partial charge >= 0.3 is 6.61 Å². The average molecular weight is 420 g/mol. The summed E-state index contributed by atoms with van der Waals surface area (Å²) < 4.78 is 29.4. The van der Waals surface area contributed by atoms with E-state index in [0.717, 1.165) is 11.1 Å². The Labute approximate surface area is 179 Å². The third-order valence-corrected chi connectivity index (χ3v) is 5.20. The number of benzene rings is 3. The first-order valence-electron chi connectivity index (χ1n) is 9.99. The minimum Gasteiger partial charge on any atom is -0.435 e. The number of anilines is 1. The first kappa shape index (κ1) is 20.6. The lowest BCUT2D eigenvalue weighted by Gasteiger charge is -2.26. The molecule has 2 atom stereocenters. The van der Waals surface area contributed by atoms with Crippen LogP contribution in [0.25, 0.3) is 0 Å². The Morgan fingerprint density at radius 1 is 0.903 bits per heavy atom. The van der Waals surface area contributed by atoms with Crippen LogP contribution >= 0.6 is 0 Å². The molecule has 4 rings (SSSR count). The minimum atomic E-state index is -2.90. The first-order chi connectivity index (χ1) is 15.0. The molecule has 0 fully saturated rings. The predicted molar refractivity (Wildman–Crippen MR) is 116 cm³/mol. The molecule has 6 heteroatoms. The highest BCUT2D eigenvalue weighted by Gasteiger charge is 2.35. The molecule has 0 saturated heterocycles. The fraction of sp³-hybridized carbons (Fsp3) is 0.160. The van der Waals surface area contributed by atoms with Crippen LogP contribution in [0.5, 0.6) is 5.75 Å². The molecule has 158 valence electrons. The van der Waals surface area contributed by atoms with Crippen molar-refractivity contribution in [1.82, 2.24) is 5.32 Å². The zero-order chi connectivity index (χ0) is 21.8. The number of hydrogen-bond acceptors (Lipinski definition) is 3. The van der Waals surface area contributed by atoms with Crippen molar-refractivity contribution in [3.05, 3.63) is 108 Å². The van der Waals surface area contributed by atoms with Gasteiger partial charge in [0.1, 0.15) is 5.75 Å². The van der Waals surface area contributed by atoms with E-state index in [1.54, 1.807) is 17.0 Å². The van der Waals surface area contributed by atoms with Gasteiger partial charge in [-0.05, 0) is 48.4 Å². The summed E-state index contributed by atoms with van der Waals surface area (Å²) in [5.41, 5.74) is 3.12. The van der Waals surface area contributed by atoms with Gasteiger partial charge in [0, 0.05) is 11.7 Å². The topological polar surface area (TPSA) is 41.6 Å². The SMILES string of the molecule is C[C@@H](NC1=C[C@H](c2ccccc2)N(c2ccc(OC(F)F)cc2)C1=O)c1ccccc1. The van der Waals surface area contributed by atoms with E-state index < -0.39 is 6.61 Å². The van der Waals surface area contributed by atoms with E-state index in [0.29, 0.717) is 11.4 Å². The quantitative estimate of drug-likeness (QED) is 0.540. The number of hydrogen-bond donors (Lipinski definition) is 1. The van der Waals surface area contributed by atoms with Crippen molar-refractivity contribution in [1.29, 1.82) is 0 Å². The normalized spacial score (nSPS) is 16.9. The number of carbonyl (C=O) groups excluding carboxylic acids is 1. The molecule has 0 spiro atoms. The van der Waals surface area contributed by atoms with Gasteiger partial charge in [0.05, 0.1) is 11.7 Å². The van der Waals surface area contributed by atoms with Crippen molar-refractivity contribution in [3.8, 4) is 5.75 Å². The van der Waals surface area contributed by atoms with Gasteiger partial charge in [0.15, 0.2) is 0 Å². The summed E-state index contributed by atoms with van der Waals surface area (Å²) in [5, 5.41) is 3.33. The Bertz CT molecular complexity index is 1050. The molecule has 0 radical (unpaired) electrons. The van der Waals surface area contributed by atoms with Crippen molar-refractivity contribution >= 4 is 11.6 Å². The number of ether oxygens (including phenoxy) is 1. The summed E-state index contributed by atoms with van der Waals surface area (Å²) in [5.74, 6) is -0.134. The van der Waals surface area contributed by atoms with Crippen molar-refractivity contribution in [2.45, 2.75) is 25.6 Å². The Kier molecular flexibility index (Phi) is 5.98. The van der Waals surface area contributed by atoms with Crippen LogP contribution in [0, 0.1) is 0 Å². The molecule has 4 nitrogen and oxygen atoms in total. The molecule has 0 saturated carbocycles. The molecule has 1 aliphatic heterocycles. The zero-order valence-corrected chi connectivity index (χ0v) is 16.9. The number of halogens is 2. The molecule has 1 amide bonds. The smallest absolute Gasteiger partial charge is 0.387 e. The summed E-state index contributed by atoms with van der Waals surface area (Å²) >= 11 is 0. The summed E-state index contributed by atoms with van der Waals surface area (Å²) in [6.45, 7) is -0.895. The molecule has 1 heterocycles. The van der Waals surface area contributed by atoms with Crippen LogP contribution in [0.1, 0.15) is 30.1 Å². The second-order valence-corrected chi connectivity index (χ2v) is 7.26. The molecule has 1 aliphatic rings. The third-order valence-electron chi connectivity index (χ3n) is 5.20. The highest BCUT2D eigenvalue weighted by atomic mass is 19.3. The predicted octanol–water partition coefficient (Wildman–Crippen LogP) is 5.61. The van der Waals surface area contributed by atoms with Crippen LogP contribution in [0.3, 0.4) is 0 Å². The maximum Gasteiger partial charge on any atom is 0.387 e. The van der Waals surface area contributed by atoms with Gasteiger partial charge in [0.25, 0.3) is 5.91 Å². The number of alkyl halides is 2. The van der Waals surface area contributed by atoms with Gasteiger partial charge in [-0.25, -0.2) is 0 Å². The van der Waals surface area contributed by atoms with Crippen LogP contribution in [-0.2, 0) is 4.79 Å². The molecule has 31 heavy (non-hydrogen) atoms. The lowest BCUT2D eigenvalue weighted by molar-refractivity contribution is -0.115. The Hall–Kier alpha value is -3.67. The number of nitrogens with zero attached hydrogens (tertiary/aromatic N) is 1. The average Bonchev–Trinajstić information content (AvgIpc) is 3.11. The van der Waals surface area contributed by atoms with E-state index in [4.69, 9.17) is 0 Å². The highest BCUT2D eigenvalue weighted by molar-refractivity contribution is 6.08. The number of carbonyl (C=O) groups is 1. The van der Waals surface area contributed by atoms with Crippen LogP contribution in [0.15, 0.2) is 96.7 Å². The van der Waals surface area contributed by atoms with Gasteiger partial charge < -0.3 is 10.1 Å². The zero-order valence-electron chi connectivity index (χ0n) is 16.9. The molecular formula is C25H22F2N2O2. The maximum absolute atomic E-state index is 13.4. The van der Waals surface area contributed by atoms with Crippen molar-refractivity contribution in [2.75, 3.05) is 4.90 Å². The third kappa shape index (κ3) is 4.58. The molecule has 0 aliphatic carbocycles. The van der Waals surface area contributed by atoms with Crippen molar-refractivity contribution in [2.24, 2.45) is 0 Å². The Morgan fingerprint density at radius 3 is 2.13 bits per heavy atom. The summed E-state index contributed by atoms with van der Waals surface area (Å²) in [7, 11) is 0. The molecule has 3 aromatic rings.